The summed E-state index contributed by atoms with van der Waals surface area (Å²) in [5, 5.41) is 22.4. The number of hydrogen-bond acceptors (Lipinski definition) is 4. The number of aromatic hydroxyl groups is 2. The lowest BCUT2D eigenvalue weighted by molar-refractivity contribution is 0.451. The van der Waals surface area contributed by atoms with Gasteiger partial charge < -0.3 is 20.1 Å². The van der Waals surface area contributed by atoms with E-state index >= 15 is 0 Å². The summed E-state index contributed by atoms with van der Waals surface area (Å²) in [6, 6.07) is 7.33. The molecule has 0 fully saturated rings. The van der Waals surface area contributed by atoms with Gasteiger partial charge in [-0.15, -0.1) is 0 Å². The topological polar surface area (TPSA) is 74.5 Å². The molecule has 3 N–H and O–H groups in total. The van der Waals surface area contributed by atoms with Crippen molar-refractivity contribution in [2.24, 2.45) is 7.05 Å². The normalized spacial score (nSPS) is 12.1. The number of rotatable bonds is 3. The van der Waals surface area contributed by atoms with E-state index in [0.29, 0.717) is 5.56 Å². The molecule has 19 heavy (non-hydrogen) atoms. The summed E-state index contributed by atoms with van der Waals surface area (Å²) in [5.74, 6) is 0.213. The average molecular weight is 260 g/mol. The number of benzene rings is 1. The lowest BCUT2D eigenvalue weighted by atomic mass is 10.1. The number of hydrogen-bond donors (Lipinski definition) is 3. The number of nitrogens with one attached hydrogen (secondary N) is 1. The summed E-state index contributed by atoms with van der Waals surface area (Å²) in [6.07, 6.45) is 1.68. The van der Waals surface area contributed by atoms with Crippen LogP contribution in [-0.4, -0.2) is 14.8 Å². The van der Waals surface area contributed by atoms with Gasteiger partial charge in [0.25, 0.3) is 0 Å². The number of aryl methyl sites for hydroxylation is 1. The fraction of sp³-hybridized carbons (Fsp3) is 0.214. The van der Waals surface area contributed by atoms with E-state index in [2.05, 4.69) is 5.32 Å². The largest absolute Gasteiger partial charge is 0.508 e. The lowest BCUT2D eigenvalue weighted by Crippen LogP contribution is -2.16. The van der Waals surface area contributed by atoms with Crippen LogP contribution in [0, 0.1) is 0 Å². The Balaban J connectivity index is 2.25. The van der Waals surface area contributed by atoms with Gasteiger partial charge in [-0.05, 0) is 31.2 Å². The number of anilines is 1. The van der Waals surface area contributed by atoms with Crippen LogP contribution in [0.15, 0.2) is 41.3 Å². The number of pyridine rings is 1. The van der Waals surface area contributed by atoms with Crippen molar-refractivity contribution in [1.29, 1.82) is 0 Å². The second-order valence-corrected chi connectivity index (χ2v) is 4.48. The van der Waals surface area contributed by atoms with Gasteiger partial charge in [-0.2, -0.15) is 0 Å². The molecule has 1 aromatic carbocycles. The maximum atomic E-state index is 11.3. The monoisotopic (exact) mass is 260 g/mol. The SMILES string of the molecule is CC(Nc1ccc(=O)n(C)c1)c1cc(O)ccc1O. The van der Waals surface area contributed by atoms with Gasteiger partial charge in [-0.1, -0.05) is 0 Å². The number of aromatic nitrogens is 1. The summed E-state index contributed by atoms with van der Waals surface area (Å²) < 4.78 is 1.47. The second kappa shape index (κ2) is 5.06. The first-order valence-corrected chi connectivity index (χ1v) is 5.92. The van der Waals surface area contributed by atoms with Gasteiger partial charge >= 0.3 is 0 Å². The van der Waals surface area contributed by atoms with E-state index in [4.69, 9.17) is 0 Å². The zero-order valence-corrected chi connectivity index (χ0v) is 10.8. The third kappa shape index (κ3) is 2.88. The van der Waals surface area contributed by atoms with E-state index in [0.717, 1.165) is 5.69 Å². The zero-order valence-electron chi connectivity index (χ0n) is 10.8. The Hall–Kier alpha value is -2.43. The summed E-state index contributed by atoms with van der Waals surface area (Å²) in [6.45, 7) is 1.86. The molecule has 1 aromatic heterocycles. The molecular formula is C14H16N2O3. The van der Waals surface area contributed by atoms with Crippen LogP contribution < -0.4 is 10.9 Å². The van der Waals surface area contributed by atoms with Crippen LogP contribution in [0.5, 0.6) is 11.5 Å². The van der Waals surface area contributed by atoms with E-state index in [1.54, 1.807) is 19.3 Å². The summed E-state index contributed by atoms with van der Waals surface area (Å²) in [7, 11) is 1.67. The molecule has 1 atom stereocenters. The molecule has 2 rings (SSSR count). The average Bonchev–Trinajstić information content (AvgIpc) is 2.36. The van der Waals surface area contributed by atoms with Crippen molar-refractivity contribution in [1.82, 2.24) is 4.57 Å². The highest BCUT2D eigenvalue weighted by molar-refractivity contribution is 5.47. The molecule has 5 heteroatoms. The molecule has 5 nitrogen and oxygen atoms in total. The lowest BCUT2D eigenvalue weighted by Gasteiger charge is -2.17. The van der Waals surface area contributed by atoms with Crippen molar-refractivity contribution in [3.8, 4) is 11.5 Å². The minimum Gasteiger partial charge on any atom is -0.508 e. The Morgan fingerprint density at radius 1 is 1.21 bits per heavy atom. The Bertz CT molecular complexity index is 649. The Morgan fingerprint density at radius 3 is 2.63 bits per heavy atom. The van der Waals surface area contributed by atoms with Gasteiger partial charge in [0.2, 0.25) is 5.56 Å². The van der Waals surface area contributed by atoms with Gasteiger partial charge in [0.05, 0.1) is 11.7 Å². The zero-order chi connectivity index (χ0) is 14.0. The van der Waals surface area contributed by atoms with E-state index in [1.165, 1.54) is 28.8 Å². The molecule has 0 aliphatic rings. The highest BCUT2D eigenvalue weighted by atomic mass is 16.3. The third-order valence-corrected chi connectivity index (χ3v) is 2.95. The molecule has 0 spiro atoms. The van der Waals surface area contributed by atoms with Crippen LogP contribution in [0.25, 0.3) is 0 Å². The van der Waals surface area contributed by atoms with Crippen molar-refractivity contribution in [3.63, 3.8) is 0 Å². The third-order valence-electron chi connectivity index (χ3n) is 2.95. The summed E-state index contributed by atoms with van der Waals surface area (Å²) in [5.41, 5.74) is 1.27. The van der Waals surface area contributed by atoms with E-state index in [9.17, 15) is 15.0 Å². The van der Waals surface area contributed by atoms with Gasteiger partial charge in [-0.3, -0.25) is 4.79 Å². The molecule has 0 aliphatic heterocycles. The molecule has 100 valence electrons. The number of phenolic OH excluding ortho intramolecular Hbond substituents is 2. The molecule has 0 amide bonds. The van der Waals surface area contributed by atoms with Crippen LogP contribution in [0.4, 0.5) is 5.69 Å². The number of phenols is 2. The standard InChI is InChI=1S/C14H16N2O3/c1-9(12-7-11(17)4-5-13(12)18)15-10-3-6-14(19)16(2)8-10/h3-9,15,17-18H,1-2H3. The fourth-order valence-corrected chi connectivity index (χ4v) is 1.90. The van der Waals surface area contributed by atoms with Crippen molar-refractivity contribution in [2.75, 3.05) is 5.32 Å². The van der Waals surface area contributed by atoms with Crippen LogP contribution in [0.1, 0.15) is 18.5 Å². The van der Waals surface area contributed by atoms with E-state index < -0.39 is 0 Å². The van der Waals surface area contributed by atoms with E-state index in [-0.39, 0.29) is 23.1 Å². The fourth-order valence-electron chi connectivity index (χ4n) is 1.90. The van der Waals surface area contributed by atoms with E-state index in [1.807, 2.05) is 6.92 Å². The molecule has 1 heterocycles. The molecule has 2 aromatic rings. The van der Waals surface area contributed by atoms with Crippen LogP contribution in [0.2, 0.25) is 0 Å². The maximum absolute atomic E-state index is 11.3. The molecule has 0 saturated heterocycles. The molecule has 0 bridgehead atoms. The van der Waals surface area contributed by atoms with Gasteiger partial charge in [0.1, 0.15) is 11.5 Å². The summed E-state index contributed by atoms with van der Waals surface area (Å²) in [4.78, 5) is 11.3. The molecule has 0 saturated carbocycles. The van der Waals surface area contributed by atoms with Crippen LogP contribution >= 0.6 is 0 Å². The minimum absolute atomic E-state index is 0.0848. The predicted molar refractivity (Wildman–Crippen MR) is 73.5 cm³/mol. The molecule has 0 radical (unpaired) electrons. The Labute approximate surface area is 110 Å². The van der Waals surface area contributed by atoms with Gasteiger partial charge in [0.15, 0.2) is 0 Å². The minimum atomic E-state index is -0.204. The highest BCUT2D eigenvalue weighted by Gasteiger charge is 2.11. The maximum Gasteiger partial charge on any atom is 0.250 e. The molecule has 1 unspecified atom stereocenters. The first-order valence-electron chi connectivity index (χ1n) is 5.92. The Kier molecular flexibility index (Phi) is 3.46. The van der Waals surface area contributed by atoms with Crippen molar-refractivity contribution in [2.45, 2.75) is 13.0 Å². The predicted octanol–water partition coefficient (Wildman–Crippen LogP) is 1.97. The van der Waals surface area contributed by atoms with Crippen LogP contribution in [0.3, 0.4) is 0 Å². The van der Waals surface area contributed by atoms with Crippen LogP contribution in [-0.2, 0) is 7.05 Å². The van der Waals surface area contributed by atoms with Crippen molar-refractivity contribution >= 4 is 5.69 Å². The molecule has 0 aliphatic carbocycles. The first kappa shape index (κ1) is 13.0. The first-order chi connectivity index (χ1) is 8.97. The van der Waals surface area contributed by atoms with Gasteiger partial charge in [-0.25, -0.2) is 0 Å². The number of nitrogens with zero attached hydrogens (tertiary/aromatic N) is 1. The summed E-state index contributed by atoms with van der Waals surface area (Å²) >= 11 is 0. The molecular weight excluding hydrogens is 244 g/mol. The Morgan fingerprint density at radius 2 is 1.95 bits per heavy atom. The highest BCUT2D eigenvalue weighted by Crippen LogP contribution is 2.29. The van der Waals surface area contributed by atoms with Crippen molar-refractivity contribution < 1.29 is 10.2 Å². The smallest absolute Gasteiger partial charge is 0.250 e. The van der Waals surface area contributed by atoms with Gasteiger partial charge in [0, 0.05) is 24.9 Å². The quantitative estimate of drug-likeness (QED) is 0.738. The second-order valence-electron chi connectivity index (χ2n) is 4.48. The van der Waals surface area contributed by atoms with Crippen molar-refractivity contribution in [3.05, 3.63) is 52.4 Å².